The van der Waals surface area contributed by atoms with Gasteiger partial charge in [-0.1, -0.05) is 6.07 Å². The summed E-state index contributed by atoms with van der Waals surface area (Å²) in [4.78, 5) is 9.91. The quantitative estimate of drug-likeness (QED) is 0.476. The zero-order valence-corrected chi connectivity index (χ0v) is 8.69. The Bertz CT molecular complexity index is 384. The molecule has 0 saturated heterocycles. The molecule has 1 aromatic rings. The van der Waals surface area contributed by atoms with Gasteiger partial charge in [0.1, 0.15) is 0 Å². The predicted octanol–water partition coefficient (Wildman–Crippen LogP) is 2.27. The first-order chi connectivity index (χ1) is 6.15. The molecule has 0 radical (unpaired) electrons. The number of rotatable bonds is 2. The molecule has 13 heavy (non-hydrogen) atoms. The van der Waals surface area contributed by atoms with E-state index in [-0.39, 0.29) is 12.1 Å². The van der Waals surface area contributed by atoms with E-state index in [0.717, 1.165) is 9.13 Å². The number of nitro benzene ring substituents is 1. The Kier molecular flexibility index (Phi) is 3.19. The third-order valence-corrected chi connectivity index (χ3v) is 2.52. The molecular formula is C8H5IN2O2. The largest absolute Gasteiger partial charge is 0.270 e. The van der Waals surface area contributed by atoms with Crippen LogP contribution in [0.1, 0.15) is 5.56 Å². The topological polar surface area (TPSA) is 66.9 Å². The third kappa shape index (κ3) is 2.39. The zero-order chi connectivity index (χ0) is 9.84. The van der Waals surface area contributed by atoms with Gasteiger partial charge in [-0.3, -0.25) is 10.1 Å². The van der Waals surface area contributed by atoms with E-state index in [9.17, 15) is 10.1 Å². The minimum Gasteiger partial charge on any atom is -0.258 e. The van der Waals surface area contributed by atoms with Crippen molar-refractivity contribution in [1.29, 1.82) is 5.26 Å². The van der Waals surface area contributed by atoms with Crippen molar-refractivity contribution in [2.75, 3.05) is 0 Å². The highest BCUT2D eigenvalue weighted by Crippen LogP contribution is 2.19. The van der Waals surface area contributed by atoms with Gasteiger partial charge in [0.25, 0.3) is 5.69 Å². The summed E-state index contributed by atoms with van der Waals surface area (Å²) in [5.41, 5.74) is 0.889. The van der Waals surface area contributed by atoms with Gasteiger partial charge >= 0.3 is 0 Å². The van der Waals surface area contributed by atoms with Crippen molar-refractivity contribution >= 4 is 28.3 Å². The molecule has 4 nitrogen and oxygen atoms in total. The second-order valence-electron chi connectivity index (χ2n) is 2.37. The van der Waals surface area contributed by atoms with Gasteiger partial charge in [-0.2, -0.15) is 5.26 Å². The van der Waals surface area contributed by atoms with Gasteiger partial charge in [0.2, 0.25) is 0 Å². The maximum Gasteiger partial charge on any atom is 0.270 e. The summed E-state index contributed by atoms with van der Waals surface area (Å²) in [5, 5.41) is 18.8. The Hall–Kier alpha value is -1.16. The van der Waals surface area contributed by atoms with Gasteiger partial charge in [-0.15, -0.1) is 0 Å². The smallest absolute Gasteiger partial charge is 0.258 e. The van der Waals surface area contributed by atoms with Gasteiger partial charge in [-0.25, -0.2) is 0 Å². The fraction of sp³-hybridized carbons (Fsp3) is 0.125. The number of nitrogens with zero attached hydrogens (tertiary/aromatic N) is 2. The third-order valence-electron chi connectivity index (χ3n) is 1.52. The van der Waals surface area contributed by atoms with Crippen LogP contribution in [0.4, 0.5) is 5.69 Å². The fourth-order valence-corrected chi connectivity index (χ4v) is 1.57. The van der Waals surface area contributed by atoms with Gasteiger partial charge in [0, 0.05) is 15.7 Å². The molecule has 1 rings (SSSR count). The average molecular weight is 288 g/mol. The summed E-state index contributed by atoms with van der Waals surface area (Å²) >= 11 is 1.99. The molecule has 0 heterocycles. The zero-order valence-electron chi connectivity index (χ0n) is 6.53. The van der Waals surface area contributed by atoms with Crippen LogP contribution in [0.2, 0.25) is 0 Å². The molecule has 0 saturated carbocycles. The van der Waals surface area contributed by atoms with Crippen molar-refractivity contribution in [2.24, 2.45) is 0 Å². The van der Waals surface area contributed by atoms with Crippen LogP contribution in [0.25, 0.3) is 0 Å². The molecule has 66 valence electrons. The lowest BCUT2D eigenvalue weighted by atomic mass is 10.1. The van der Waals surface area contributed by atoms with Crippen molar-refractivity contribution < 1.29 is 4.92 Å². The first-order valence-corrected chi connectivity index (χ1v) is 4.53. The van der Waals surface area contributed by atoms with Crippen LogP contribution in [0.5, 0.6) is 0 Å². The lowest BCUT2D eigenvalue weighted by Gasteiger charge is -1.98. The molecule has 0 aliphatic heterocycles. The van der Waals surface area contributed by atoms with E-state index in [1.165, 1.54) is 12.1 Å². The molecular weight excluding hydrogens is 283 g/mol. The number of halogens is 1. The van der Waals surface area contributed by atoms with Gasteiger partial charge in [0.05, 0.1) is 17.4 Å². The van der Waals surface area contributed by atoms with E-state index < -0.39 is 4.92 Å². The molecule has 0 spiro atoms. The number of nitriles is 1. The van der Waals surface area contributed by atoms with Gasteiger partial charge in [0.15, 0.2) is 0 Å². The van der Waals surface area contributed by atoms with E-state index in [1.807, 2.05) is 28.7 Å². The molecule has 0 aliphatic carbocycles. The van der Waals surface area contributed by atoms with Crippen LogP contribution < -0.4 is 0 Å². The van der Waals surface area contributed by atoms with Gasteiger partial charge < -0.3 is 0 Å². The van der Waals surface area contributed by atoms with Crippen molar-refractivity contribution in [3.8, 4) is 6.07 Å². The maximum atomic E-state index is 10.4. The van der Waals surface area contributed by atoms with Crippen LogP contribution in [0.3, 0.4) is 0 Å². The predicted molar refractivity (Wildman–Crippen MR) is 55.1 cm³/mol. The highest BCUT2D eigenvalue weighted by Gasteiger charge is 2.07. The standard InChI is InChI=1S/C8H5IN2O2/c9-8-5-7(11(12)13)2-1-6(8)3-4-10/h1-2,5H,3H2. The number of non-ortho nitro benzene ring substituents is 1. The van der Waals surface area contributed by atoms with E-state index >= 15 is 0 Å². The minimum atomic E-state index is -0.446. The summed E-state index contributed by atoms with van der Waals surface area (Å²) < 4.78 is 0.758. The first kappa shape index (κ1) is 9.92. The first-order valence-electron chi connectivity index (χ1n) is 3.45. The lowest BCUT2D eigenvalue weighted by Crippen LogP contribution is -1.92. The highest BCUT2D eigenvalue weighted by atomic mass is 127. The van der Waals surface area contributed by atoms with Crippen LogP contribution in [0.15, 0.2) is 18.2 Å². The Morgan fingerprint density at radius 2 is 2.31 bits per heavy atom. The lowest BCUT2D eigenvalue weighted by molar-refractivity contribution is -0.385. The molecule has 0 bridgehead atoms. The van der Waals surface area contributed by atoms with Crippen molar-refractivity contribution in [3.63, 3.8) is 0 Å². The second-order valence-corrected chi connectivity index (χ2v) is 3.53. The van der Waals surface area contributed by atoms with Crippen molar-refractivity contribution in [1.82, 2.24) is 0 Å². The molecule has 5 heteroatoms. The number of benzene rings is 1. The fourth-order valence-electron chi connectivity index (χ4n) is 0.878. The molecule has 0 fully saturated rings. The SMILES string of the molecule is N#CCc1ccc([N+](=O)[O-])cc1I. The summed E-state index contributed by atoms with van der Waals surface area (Å²) in [5.74, 6) is 0. The normalized spacial score (nSPS) is 9.23. The number of hydrogen-bond donors (Lipinski definition) is 0. The minimum absolute atomic E-state index is 0.0612. The van der Waals surface area contributed by atoms with Crippen molar-refractivity contribution in [2.45, 2.75) is 6.42 Å². The Morgan fingerprint density at radius 1 is 1.62 bits per heavy atom. The van der Waals surface area contributed by atoms with Crippen molar-refractivity contribution in [3.05, 3.63) is 37.4 Å². The molecule has 0 unspecified atom stereocenters. The molecule has 0 aromatic heterocycles. The average Bonchev–Trinajstić information content (AvgIpc) is 2.08. The molecule has 0 aliphatic rings. The Balaban J connectivity index is 3.07. The van der Waals surface area contributed by atoms with E-state index in [2.05, 4.69) is 0 Å². The van der Waals surface area contributed by atoms with E-state index in [1.54, 1.807) is 6.07 Å². The van der Waals surface area contributed by atoms with Crippen LogP contribution in [-0.4, -0.2) is 4.92 Å². The summed E-state index contributed by atoms with van der Waals surface area (Å²) in [6, 6.07) is 6.49. The second kappa shape index (κ2) is 4.18. The summed E-state index contributed by atoms with van der Waals surface area (Å²) in [7, 11) is 0. The Labute approximate surface area is 88.5 Å². The van der Waals surface area contributed by atoms with Crippen LogP contribution >= 0.6 is 22.6 Å². The number of hydrogen-bond acceptors (Lipinski definition) is 3. The van der Waals surface area contributed by atoms with E-state index in [4.69, 9.17) is 5.26 Å². The number of nitro groups is 1. The molecule has 0 atom stereocenters. The summed E-state index contributed by atoms with van der Waals surface area (Å²) in [6.07, 6.45) is 0.288. The van der Waals surface area contributed by atoms with Crippen LogP contribution in [-0.2, 0) is 6.42 Å². The molecule has 0 N–H and O–H groups in total. The monoisotopic (exact) mass is 288 g/mol. The Morgan fingerprint density at radius 3 is 2.77 bits per heavy atom. The van der Waals surface area contributed by atoms with Crippen LogP contribution in [0, 0.1) is 25.0 Å². The van der Waals surface area contributed by atoms with E-state index in [0.29, 0.717) is 0 Å². The highest BCUT2D eigenvalue weighted by molar-refractivity contribution is 14.1. The molecule has 1 aromatic carbocycles. The van der Waals surface area contributed by atoms with Gasteiger partial charge in [-0.05, 0) is 28.2 Å². The maximum absolute atomic E-state index is 10.4. The summed E-state index contributed by atoms with van der Waals surface area (Å²) in [6.45, 7) is 0. The molecule has 0 amide bonds.